The standard InChI is InChI=1S/C26H30N2O3/c1-2-3-4-5-8-16-30-21-12-9-11-20(18-21)25-27-24-15-7-6-14-23(24)26(29)28(25)19-22-13-10-17-31-22/h6-7,9-15,17-18,25,27H,2-5,8,16,19H2,1H3. The Morgan fingerprint density at radius 1 is 1.00 bits per heavy atom. The normalized spacial score (nSPS) is 15.5. The molecule has 2 heterocycles. The Balaban J connectivity index is 1.52. The number of carbonyl (C=O) groups excluding carboxylic acids is 1. The highest BCUT2D eigenvalue weighted by atomic mass is 16.5. The van der Waals surface area contributed by atoms with E-state index in [0.29, 0.717) is 18.7 Å². The van der Waals surface area contributed by atoms with Crippen molar-refractivity contribution in [1.82, 2.24) is 4.90 Å². The molecule has 0 radical (unpaired) electrons. The van der Waals surface area contributed by atoms with Crippen LogP contribution in [0, 0.1) is 0 Å². The van der Waals surface area contributed by atoms with Crippen LogP contribution in [0.4, 0.5) is 5.69 Å². The Morgan fingerprint density at radius 2 is 1.87 bits per heavy atom. The Bertz CT molecular complexity index is 984. The lowest BCUT2D eigenvalue weighted by Crippen LogP contribution is -2.42. The summed E-state index contributed by atoms with van der Waals surface area (Å²) in [5.74, 6) is 1.57. The fraction of sp³-hybridized carbons (Fsp3) is 0.346. The topological polar surface area (TPSA) is 54.7 Å². The van der Waals surface area contributed by atoms with Crippen LogP contribution in [0.15, 0.2) is 71.3 Å². The first kappa shape index (κ1) is 21.0. The SMILES string of the molecule is CCCCCCCOc1cccc(C2Nc3ccccc3C(=O)N2Cc2ccco2)c1. The van der Waals surface area contributed by atoms with Crippen molar-refractivity contribution >= 4 is 11.6 Å². The predicted molar refractivity (Wildman–Crippen MR) is 122 cm³/mol. The van der Waals surface area contributed by atoms with Crippen molar-refractivity contribution in [3.05, 3.63) is 83.8 Å². The fourth-order valence-electron chi connectivity index (χ4n) is 3.96. The zero-order chi connectivity index (χ0) is 21.5. The van der Waals surface area contributed by atoms with Crippen molar-refractivity contribution in [2.24, 2.45) is 0 Å². The number of rotatable bonds is 10. The second-order valence-electron chi connectivity index (χ2n) is 7.94. The highest BCUT2D eigenvalue weighted by Crippen LogP contribution is 2.35. The molecule has 1 atom stereocenters. The van der Waals surface area contributed by atoms with E-state index in [1.165, 1.54) is 25.7 Å². The van der Waals surface area contributed by atoms with Crippen molar-refractivity contribution in [3.63, 3.8) is 0 Å². The molecular formula is C26H30N2O3. The van der Waals surface area contributed by atoms with Crippen LogP contribution < -0.4 is 10.1 Å². The Hall–Kier alpha value is -3.21. The number of para-hydroxylation sites is 1. The number of unbranched alkanes of at least 4 members (excludes halogenated alkanes) is 4. The Morgan fingerprint density at radius 3 is 2.71 bits per heavy atom. The average Bonchev–Trinajstić information content (AvgIpc) is 3.31. The van der Waals surface area contributed by atoms with Gasteiger partial charge in [-0.05, 0) is 48.4 Å². The summed E-state index contributed by atoms with van der Waals surface area (Å²) in [6, 6.07) is 19.4. The number of carbonyl (C=O) groups is 1. The Kier molecular flexibility index (Phi) is 6.92. The van der Waals surface area contributed by atoms with Crippen molar-refractivity contribution in [1.29, 1.82) is 0 Å². The van der Waals surface area contributed by atoms with Crippen molar-refractivity contribution in [2.75, 3.05) is 11.9 Å². The number of hydrogen-bond acceptors (Lipinski definition) is 4. The van der Waals surface area contributed by atoms with Crippen LogP contribution in [0.2, 0.25) is 0 Å². The quantitative estimate of drug-likeness (QED) is 0.387. The van der Waals surface area contributed by atoms with Crippen LogP contribution in [0.25, 0.3) is 0 Å². The molecule has 162 valence electrons. The summed E-state index contributed by atoms with van der Waals surface area (Å²) < 4.78 is 11.5. The molecule has 5 nitrogen and oxygen atoms in total. The monoisotopic (exact) mass is 418 g/mol. The molecule has 3 aromatic rings. The summed E-state index contributed by atoms with van der Waals surface area (Å²) in [7, 11) is 0. The van der Waals surface area contributed by atoms with Gasteiger partial charge in [-0.15, -0.1) is 0 Å². The molecule has 0 fully saturated rings. The minimum Gasteiger partial charge on any atom is -0.494 e. The highest BCUT2D eigenvalue weighted by molar-refractivity contribution is 6.01. The molecule has 31 heavy (non-hydrogen) atoms. The summed E-state index contributed by atoms with van der Waals surface area (Å²) in [5.41, 5.74) is 2.50. The van der Waals surface area contributed by atoms with Crippen LogP contribution in [0.5, 0.6) is 5.75 Å². The van der Waals surface area contributed by atoms with Gasteiger partial charge in [0.2, 0.25) is 0 Å². The number of benzene rings is 2. The molecule has 5 heteroatoms. The summed E-state index contributed by atoms with van der Waals surface area (Å²) >= 11 is 0. The van der Waals surface area contributed by atoms with Gasteiger partial charge in [-0.25, -0.2) is 0 Å². The molecule has 1 aliphatic rings. The molecule has 0 aliphatic carbocycles. The third-order valence-electron chi connectivity index (χ3n) is 5.62. The number of anilines is 1. The predicted octanol–water partition coefficient (Wildman–Crippen LogP) is 6.40. The number of nitrogens with one attached hydrogen (secondary N) is 1. The molecule has 0 saturated heterocycles. The molecule has 1 aromatic heterocycles. The van der Waals surface area contributed by atoms with E-state index in [0.717, 1.165) is 29.2 Å². The maximum absolute atomic E-state index is 13.3. The van der Waals surface area contributed by atoms with Crippen molar-refractivity contribution < 1.29 is 13.9 Å². The lowest BCUT2D eigenvalue weighted by molar-refractivity contribution is 0.0651. The third-order valence-corrected chi connectivity index (χ3v) is 5.62. The number of nitrogens with zero attached hydrogens (tertiary/aromatic N) is 1. The molecule has 1 amide bonds. The molecule has 0 spiro atoms. The molecule has 0 saturated carbocycles. The zero-order valence-corrected chi connectivity index (χ0v) is 18.0. The fourth-order valence-corrected chi connectivity index (χ4v) is 3.96. The van der Waals surface area contributed by atoms with Crippen LogP contribution >= 0.6 is 0 Å². The first-order valence-electron chi connectivity index (χ1n) is 11.2. The molecule has 1 N–H and O–H groups in total. The maximum Gasteiger partial charge on any atom is 0.258 e. The average molecular weight is 419 g/mol. The van der Waals surface area contributed by atoms with Gasteiger partial charge in [-0.3, -0.25) is 4.79 Å². The lowest BCUT2D eigenvalue weighted by atomic mass is 10.0. The number of amides is 1. The Labute approximate surface area is 184 Å². The molecule has 4 rings (SSSR count). The van der Waals surface area contributed by atoms with Crippen LogP contribution in [-0.2, 0) is 6.54 Å². The van der Waals surface area contributed by atoms with E-state index in [9.17, 15) is 4.79 Å². The highest BCUT2D eigenvalue weighted by Gasteiger charge is 2.33. The van der Waals surface area contributed by atoms with E-state index in [1.807, 2.05) is 65.6 Å². The van der Waals surface area contributed by atoms with E-state index >= 15 is 0 Å². The van der Waals surface area contributed by atoms with E-state index < -0.39 is 0 Å². The number of furan rings is 1. The van der Waals surface area contributed by atoms with Crippen LogP contribution in [-0.4, -0.2) is 17.4 Å². The van der Waals surface area contributed by atoms with Crippen molar-refractivity contribution in [2.45, 2.75) is 51.7 Å². The summed E-state index contributed by atoms with van der Waals surface area (Å²) in [4.78, 5) is 15.1. The molecule has 0 bridgehead atoms. The van der Waals surface area contributed by atoms with E-state index in [1.54, 1.807) is 6.26 Å². The van der Waals surface area contributed by atoms with Crippen LogP contribution in [0.1, 0.15) is 66.9 Å². The molecule has 1 unspecified atom stereocenters. The molecule has 1 aliphatic heterocycles. The van der Waals surface area contributed by atoms with Gasteiger partial charge in [0.15, 0.2) is 0 Å². The van der Waals surface area contributed by atoms with E-state index in [2.05, 4.69) is 12.2 Å². The second-order valence-corrected chi connectivity index (χ2v) is 7.94. The van der Waals surface area contributed by atoms with E-state index in [4.69, 9.17) is 9.15 Å². The number of ether oxygens (including phenoxy) is 1. The summed E-state index contributed by atoms with van der Waals surface area (Å²) in [5, 5.41) is 3.53. The lowest BCUT2D eigenvalue weighted by Gasteiger charge is -2.37. The first-order valence-corrected chi connectivity index (χ1v) is 11.2. The largest absolute Gasteiger partial charge is 0.494 e. The van der Waals surface area contributed by atoms with Gasteiger partial charge in [-0.2, -0.15) is 0 Å². The smallest absolute Gasteiger partial charge is 0.258 e. The van der Waals surface area contributed by atoms with Gasteiger partial charge in [0.25, 0.3) is 5.91 Å². The summed E-state index contributed by atoms with van der Waals surface area (Å²) in [6.07, 6.45) is 7.37. The van der Waals surface area contributed by atoms with Gasteiger partial charge >= 0.3 is 0 Å². The van der Waals surface area contributed by atoms with Gasteiger partial charge < -0.3 is 19.4 Å². The summed E-state index contributed by atoms with van der Waals surface area (Å²) in [6.45, 7) is 3.32. The first-order chi connectivity index (χ1) is 15.3. The molecule has 2 aromatic carbocycles. The van der Waals surface area contributed by atoms with Gasteiger partial charge in [0.1, 0.15) is 17.7 Å². The van der Waals surface area contributed by atoms with Gasteiger partial charge in [-0.1, -0.05) is 56.9 Å². The second kappa shape index (κ2) is 10.2. The third kappa shape index (κ3) is 5.10. The zero-order valence-electron chi connectivity index (χ0n) is 18.0. The minimum absolute atomic E-state index is 0.0157. The maximum atomic E-state index is 13.3. The van der Waals surface area contributed by atoms with Gasteiger partial charge in [0.05, 0.1) is 25.0 Å². The van der Waals surface area contributed by atoms with Crippen LogP contribution in [0.3, 0.4) is 0 Å². The minimum atomic E-state index is -0.305. The van der Waals surface area contributed by atoms with Crippen molar-refractivity contribution in [3.8, 4) is 5.75 Å². The van der Waals surface area contributed by atoms with E-state index in [-0.39, 0.29) is 12.1 Å². The number of hydrogen-bond donors (Lipinski definition) is 1. The number of fused-ring (bicyclic) bond motifs is 1. The molecular weight excluding hydrogens is 388 g/mol. The van der Waals surface area contributed by atoms with Gasteiger partial charge in [0, 0.05) is 5.69 Å².